The van der Waals surface area contributed by atoms with E-state index >= 15 is 0 Å². The van der Waals surface area contributed by atoms with Crippen molar-refractivity contribution in [1.29, 1.82) is 0 Å². The number of nitrogens with zero attached hydrogens (tertiary/aromatic N) is 1. The molecule has 0 saturated carbocycles. The van der Waals surface area contributed by atoms with Crippen LogP contribution in [-0.2, 0) is 5.41 Å². The van der Waals surface area contributed by atoms with Crippen LogP contribution < -0.4 is 4.90 Å². The SMILES string of the molecule is CC1(C)c2ccc(N(c3cccc4c3oc3ccccc34)c3cccc4oc5ccccc5c34)cc2-c2c(-c3ccccc3)cccc21. The molecule has 10 rings (SSSR count). The third-order valence-electron chi connectivity index (χ3n) is 10.3. The first-order chi connectivity index (χ1) is 23.6. The highest BCUT2D eigenvalue weighted by atomic mass is 16.3. The predicted molar refractivity (Wildman–Crippen MR) is 199 cm³/mol. The van der Waals surface area contributed by atoms with Crippen LogP contribution in [0.4, 0.5) is 17.1 Å². The van der Waals surface area contributed by atoms with Crippen LogP contribution in [0.5, 0.6) is 0 Å². The Morgan fingerprint density at radius 3 is 2.00 bits per heavy atom. The molecule has 228 valence electrons. The summed E-state index contributed by atoms with van der Waals surface area (Å²) >= 11 is 0. The van der Waals surface area contributed by atoms with Crippen molar-refractivity contribution >= 4 is 60.9 Å². The van der Waals surface area contributed by atoms with Gasteiger partial charge in [0.1, 0.15) is 16.7 Å². The zero-order valence-electron chi connectivity index (χ0n) is 26.7. The topological polar surface area (TPSA) is 29.5 Å². The molecule has 0 spiro atoms. The van der Waals surface area contributed by atoms with Crippen LogP contribution in [0, 0.1) is 0 Å². The second kappa shape index (κ2) is 9.97. The summed E-state index contributed by atoms with van der Waals surface area (Å²) in [6.07, 6.45) is 0. The maximum atomic E-state index is 6.68. The molecule has 2 aromatic heterocycles. The quantitative estimate of drug-likeness (QED) is 0.197. The Morgan fingerprint density at radius 2 is 1.15 bits per heavy atom. The summed E-state index contributed by atoms with van der Waals surface area (Å²) in [5.41, 5.74) is 14.1. The van der Waals surface area contributed by atoms with Crippen molar-refractivity contribution in [3.05, 3.63) is 163 Å². The fraction of sp³-hybridized carbons (Fsp3) is 0.0667. The van der Waals surface area contributed by atoms with Crippen molar-refractivity contribution in [3.8, 4) is 22.3 Å². The minimum Gasteiger partial charge on any atom is -0.456 e. The lowest BCUT2D eigenvalue weighted by atomic mass is 9.82. The maximum absolute atomic E-state index is 6.68. The Labute approximate surface area is 278 Å². The zero-order chi connectivity index (χ0) is 32.0. The first kappa shape index (κ1) is 27.1. The van der Waals surface area contributed by atoms with Gasteiger partial charge in [-0.3, -0.25) is 0 Å². The number of furan rings is 2. The zero-order valence-corrected chi connectivity index (χ0v) is 26.7. The standard InChI is InChI=1S/C45H31NO2/c1-45(2)35-26-25-29(27-34(35)42-30(17-10-19-36(42)45)28-13-4-3-5-14-28)46(37-20-12-24-41-43(37)33-16-7-9-23-40(33)47-41)38-21-11-18-32-31-15-6-8-22-39(31)48-44(32)38/h3-27H,1-2H3. The van der Waals surface area contributed by atoms with E-state index in [1.54, 1.807) is 0 Å². The summed E-state index contributed by atoms with van der Waals surface area (Å²) in [6.45, 7) is 4.69. The van der Waals surface area contributed by atoms with Crippen LogP contribution in [-0.4, -0.2) is 0 Å². The largest absolute Gasteiger partial charge is 0.456 e. The van der Waals surface area contributed by atoms with E-state index in [4.69, 9.17) is 8.83 Å². The lowest BCUT2D eigenvalue weighted by Gasteiger charge is -2.27. The van der Waals surface area contributed by atoms with E-state index in [1.165, 1.54) is 33.4 Å². The summed E-state index contributed by atoms with van der Waals surface area (Å²) in [6, 6.07) is 53.9. The minimum absolute atomic E-state index is 0.141. The molecule has 48 heavy (non-hydrogen) atoms. The Kier molecular flexibility index (Phi) is 5.63. The van der Waals surface area contributed by atoms with Crippen molar-refractivity contribution in [2.45, 2.75) is 19.3 Å². The fourth-order valence-electron chi connectivity index (χ4n) is 8.05. The number of hydrogen-bond acceptors (Lipinski definition) is 3. The van der Waals surface area contributed by atoms with Crippen LogP contribution in [0.25, 0.3) is 66.1 Å². The molecule has 3 nitrogen and oxygen atoms in total. The molecule has 0 amide bonds. The average Bonchev–Trinajstić information content (AvgIpc) is 3.77. The van der Waals surface area contributed by atoms with Gasteiger partial charge in [0.15, 0.2) is 5.58 Å². The van der Waals surface area contributed by atoms with E-state index in [2.05, 4.69) is 146 Å². The van der Waals surface area contributed by atoms with Gasteiger partial charge in [-0.05, 0) is 75.8 Å². The molecule has 7 aromatic carbocycles. The molecular weight excluding hydrogens is 587 g/mol. The van der Waals surface area contributed by atoms with E-state index < -0.39 is 0 Å². The van der Waals surface area contributed by atoms with Gasteiger partial charge in [0, 0.05) is 27.3 Å². The molecule has 9 aromatic rings. The van der Waals surface area contributed by atoms with Gasteiger partial charge in [-0.15, -0.1) is 0 Å². The Hall–Kier alpha value is -6.06. The molecule has 0 N–H and O–H groups in total. The van der Waals surface area contributed by atoms with Gasteiger partial charge < -0.3 is 13.7 Å². The van der Waals surface area contributed by atoms with Crippen molar-refractivity contribution in [2.24, 2.45) is 0 Å². The maximum Gasteiger partial charge on any atom is 0.159 e. The van der Waals surface area contributed by atoms with Gasteiger partial charge in [-0.1, -0.05) is 123 Å². The van der Waals surface area contributed by atoms with Crippen LogP contribution in [0.15, 0.2) is 160 Å². The van der Waals surface area contributed by atoms with Gasteiger partial charge in [0.2, 0.25) is 0 Å². The van der Waals surface area contributed by atoms with Crippen molar-refractivity contribution in [3.63, 3.8) is 0 Å². The van der Waals surface area contributed by atoms with Crippen LogP contribution in [0.1, 0.15) is 25.0 Å². The van der Waals surface area contributed by atoms with E-state index in [0.717, 1.165) is 60.9 Å². The first-order valence-corrected chi connectivity index (χ1v) is 16.5. The molecule has 1 aliphatic carbocycles. The highest BCUT2D eigenvalue weighted by Gasteiger charge is 2.37. The van der Waals surface area contributed by atoms with Crippen LogP contribution in [0.2, 0.25) is 0 Å². The summed E-state index contributed by atoms with van der Waals surface area (Å²) in [5.74, 6) is 0. The average molecular weight is 618 g/mol. The molecule has 0 fully saturated rings. The third-order valence-corrected chi connectivity index (χ3v) is 10.3. The van der Waals surface area contributed by atoms with Gasteiger partial charge in [-0.2, -0.15) is 0 Å². The summed E-state index contributed by atoms with van der Waals surface area (Å²) < 4.78 is 13.1. The molecule has 0 aliphatic heterocycles. The number of hydrogen-bond donors (Lipinski definition) is 0. The number of rotatable bonds is 4. The number of anilines is 3. The predicted octanol–water partition coefficient (Wildman–Crippen LogP) is 12.9. The fourth-order valence-corrected chi connectivity index (χ4v) is 8.05. The van der Waals surface area contributed by atoms with Crippen molar-refractivity contribution in [1.82, 2.24) is 0 Å². The smallest absolute Gasteiger partial charge is 0.159 e. The summed E-state index contributed by atoms with van der Waals surface area (Å²) in [5, 5.41) is 4.37. The number of para-hydroxylation sites is 3. The van der Waals surface area contributed by atoms with Gasteiger partial charge in [0.05, 0.1) is 16.8 Å². The third kappa shape index (κ3) is 3.76. The van der Waals surface area contributed by atoms with E-state index in [9.17, 15) is 0 Å². The number of benzene rings is 7. The van der Waals surface area contributed by atoms with E-state index in [1.807, 2.05) is 24.3 Å². The molecule has 0 saturated heterocycles. The highest BCUT2D eigenvalue weighted by Crippen LogP contribution is 2.54. The molecular formula is C45H31NO2. The molecule has 0 bridgehead atoms. The lowest BCUT2D eigenvalue weighted by molar-refractivity contribution is 0.660. The van der Waals surface area contributed by atoms with E-state index in [0.29, 0.717) is 0 Å². The summed E-state index contributed by atoms with van der Waals surface area (Å²) in [4.78, 5) is 2.37. The van der Waals surface area contributed by atoms with Gasteiger partial charge in [0.25, 0.3) is 0 Å². The summed E-state index contributed by atoms with van der Waals surface area (Å²) in [7, 11) is 0. The lowest BCUT2D eigenvalue weighted by Crippen LogP contribution is -2.15. The Bertz CT molecular complexity index is 2710. The van der Waals surface area contributed by atoms with Crippen LogP contribution >= 0.6 is 0 Å². The van der Waals surface area contributed by atoms with Crippen molar-refractivity contribution in [2.75, 3.05) is 4.90 Å². The van der Waals surface area contributed by atoms with Gasteiger partial charge in [-0.25, -0.2) is 0 Å². The highest BCUT2D eigenvalue weighted by molar-refractivity contribution is 6.16. The van der Waals surface area contributed by atoms with Gasteiger partial charge >= 0.3 is 0 Å². The second-order valence-electron chi connectivity index (χ2n) is 13.3. The Balaban J connectivity index is 1.29. The monoisotopic (exact) mass is 617 g/mol. The van der Waals surface area contributed by atoms with Crippen molar-refractivity contribution < 1.29 is 8.83 Å². The first-order valence-electron chi connectivity index (χ1n) is 16.5. The van der Waals surface area contributed by atoms with Crippen LogP contribution in [0.3, 0.4) is 0 Å². The Morgan fingerprint density at radius 1 is 0.479 bits per heavy atom. The molecule has 3 heteroatoms. The minimum atomic E-state index is -0.141. The number of fused-ring (bicyclic) bond motifs is 9. The molecule has 0 atom stereocenters. The molecule has 2 heterocycles. The normalized spacial score (nSPS) is 13.4. The van der Waals surface area contributed by atoms with E-state index in [-0.39, 0.29) is 5.41 Å². The second-order valence-corrected chi connectivity index (χ2v) is 13.3. The molecule has 0 unspecified atom stereocenters. The molecule has 1 aliphatic rings. The molecule has 0 radical (unpaired) electrons.